The first kappa shape index (κ1) is 27.2. The average Bonchev–Trinajstić information content (AvgIpc) is 3.70. The van der Waals surface area contributed by atoms with Gasteiger partial charge in [-0.25, -0.2) is 4.98 Å². The van der Waals surface area contributed by atoms with Crippen LogP contribution in [-0.4, -0.2) is 52.8 Å². The minimum absolute atomic E-state index is 0.00429. The Bertz CT molecular complexity index is 1330. The third-order valence-electron chi connectivity index (χ3n) is 8.35. The van der Waals surface area contributed by atoms with Gasteiger partial charge in [0.2, 0.25) is 6.79 Å². The van der Waals surface area contributed by atoms with E-state index in [-0.39, 0.29) is 23.7 Å². The zero-order valence-corrected chi connectivity index (χ0v) is 24.6. The summed E-state index contributed by atoms with van der Waals surface area (Å²) in [5.74, 6) is 1.62. The van der Waals surface area contributed by atoms with Crippen LogP contribution in [0.1, 0.15) is 78.6 Å². The second-order valence-electron chi connectivity index (χ2n) is 12.3. The van der Waals surface area contributed by atoms with Crippen LogP contribution in [0.4, 0.5) is 0 Å². The number of thiazole rings is 1. The molecule has 2 saturated heterocycles. The van der Waals surface area contributed by atoms with Gasteiger partial charge in [-0.15, -0.1) is 11.3 Å². The Morgan fingerprint density at radius 1 is 0.975 bits per heavy atom. The molecule has 212 valence electrons. The molecule has 0 bridgehead atoms. The lowest BCUT2D eigenvalue weighted by Crippen LogP contribution is -2.46. The molecule has 3 aliphatic rings. The van der Waals surface area contributed by atoms with E-state index in [4.69, 9.17) is 19.2 Å². The largest absolute Gasteiger partial charge is 0.454 e. The maximum Gasteiger partial charge on any atom is 0.273 e. The van der Waals surface area contributed by atoms with Crippen LogP contribution in [0, 0.1) is 0 Å². The highest BCUT2D eigenvalue weighted by atomic mass is 32.1. The molecular weight excluding hydrogens is 522 g/mol. The van der Waals surface area contributed by atoms with Crippen molar-refractivity contribution in [3.05, 3.63) is 75.2 Å². The quantitative estimate of drug-likeness (QED) is 0.345. The number of benzene rings is 2. The lowest BCUT2D eigenvalue weighted by Gasteiger charge is -2.38. The predicted molar refractivity (Wildman–Crippen MR) is 156 cm³/mol. The maximum absolute atomic E-state index is 13.3. The van der Waals surface area contributed by atoms with Crippen molar-refractivity contribution >= 4 is 17.2 Å². The van der Waals surface area contributed by atoms with Gasteiger partial charge in [-0.2, -0.15) is 0 Å². The summed E-state index contributed by atoms with van der Waals surface area (Å²) in [5.41, 5.74) is 4.40. The van der Waals surface area contributed by atoms with E-state index in [1.807, 2.05) is 16.3 Å². The van der Waals surface area contributed by atoms with Crippen molar-refractivity contribution in [2.24, 2.45) is 0 Å². The van der Waals surface area contributed by atoms with Crippen LogP contribution in [0.3, 0.4) is 0 Å². The number of likely N-dealkylation sites (tertiary alicyclic amines) is 1. The fourth-order valence-corrected chi connectivity index (χ4v) is 6.74. The molecular formula is C32H39N3O4S. The highest BCUT2D eigenvalue weighted by Gasteiger charge is 2.39. The molecule has 0 atom stereocenters. The number of piperidine rings is 1. The van der Waals surface area contributed by atoms with Crippen molar-refractivity contribution < 1.29 is 19.0 Å². The summed E-state index contributed by atoms with van der Waals surface area (Å²) in [6.07, 6.45) is 4.10. The summed E-state index contributed by atoms with van der Waals surface area (Å²) in [4.78, 5) is 22.4. The van der Waals surface area contributed by atoms with Crippen molar-refractivity contribution in [3.63, 3.8) is 0 Å². The standard InChI is InChI=1S/C32H39N3O4S/c1-31(2,3)25-8-5-23(6-9-25)18-34(19-24-7-10-27-28(17-24)38-22-37-27)20-29-33-26(21-40-29)30(36)35-14-12-32(13-15-35)11-4-16-39-32/h5-10,17,21H,4,11-16,18-20,22H2,1-3H3. The number of hydrogen-bond acceptors (Lipinski definition) is 7. The number of amides is 1. The van der Waals surface area contributed by atoms with Crippen LogP contribution in [0.5, 0.6) is 11.5 Å². The lowest BCUT2D eigenvalue weighted by atomic mass is 9.87. The second-order valence-corrected chi connectivity index (χ2v) is 13.3. The van der Waals surface area contributed by atoms with Gasteiger partial charge >= 0.3 is 0 Å². The summed E-state index contributed by atoms with van der Waals surface area (Å²) in [7, 11) is 0. The number of hydrogen-bond donors (Lipinski definition) is 0. The topological polar surface area (TPSA) is 64.1 Å². The van der Waals surface area contributed by atoms with Crippen LogP contribution in [-0.2, 0) is 29.8 Å². The van der Waals surface area contributed by atoms with Gasteiger partial charge in [0.05, 0.1) is 12.1 Å². The molecule has 3 aromatic rings. The predicted octanol–water partition coefficient (Wildman–Crippen LogP) is 6.16. The van der Waals surface area contributed by atoms with Crippen LogP contribution in [0.2, 0.25) is 0 Å². The molecule has 0 unspecified atom stereocenters. The van der Waals surface area contributed by atoms with E-state index in [0.29, 0.717) is 12.2 Å². The Kier molecular flexibility index (Phi) is 7.59. The monoisotopic (exact) mass is 561 g/mol. The molecule has 8 heteroatoms. The lowest BCUT2D eigenvalue weighted by molar-refractivity contribution is -0.0388. The Morgan fingerprint density at radius 2 is 1.70 bits per heavy atom. The molecule has 2 aromatic carbocycles. The molecule has 0 radical (unpaired) electrons. The maximum atomic E-state index is 13.3. The molecule has 6 rings (SSSR count). The number of nitrogens with zero attached hydrogens (tertiary/aromatic N) is 3. The molecule has 0 aliphatic carbocycles. The number of carbonyl (C=O) groups is 1. The summed E-state index contributed by atoms with van der Waals surface area (Å²) < 4.78 is 17.2. The van der Waals surface area contributed by atoms with E-state index in [9.17, 15) is 4.79 Å². The third kappa shape index (κ3) is 6.04. The van der Waals surface area contributed by atoms with Crippen LogP contribution >= 0.6 is 11.3 Å². The van der Waals surface area contributed by atoms with E-state index in [1.165, 1.54) is 11.1 Å². The highest BCUT2D eigenvalue weighted by molar-refractivity contribution is 7.09. The van der Waals surface area contributed by atoms with Gasteiger partial charge < -0.3 is 19.1 Å². The molecule has 0 saturated carbocycles. The number of fused-ring (bicyclic) bond motifs is 1. The van der Waals surface area contributed by atoms with Gasteiger partial charge in [0, 0.05) is 38.2 Å². The van der Waals surface area contributed by atoms with E-state index in [1.54, 1.807) is 11.3 Å². The van der Waals surface area contributed by atoms with Gasteiger partial charge in [0.15, 0.2) is 11.5 Å². The normalized spacial score (nSPS) is 18.1. The van der Waals surface area contributed by atoms with E-state index in [0.717, 1.165) is 80.5 Å². The Labute approximate surface area is 241 Å². The van der Waals surface area contributed by atoms with Crippen LogP contribution in [0.25, 0.3) is 0 Å². The first-order valence-electron chi connectivity index (χ1n) is 14.3. The molecule has 1 amide bonds. The molecule has 1 aromatic heterocycles. The summed E-state index contributed by atoms with van der Waals surface area (Å²) in [6, 6.07) is 15.0. The first-order chi connectivity index (χ1) is 19.3. The van der Waals surface area contributed by atoms with Crippen molar-refractivity contribution in [1.29, 1.82) is 0 Å². The van der Waals surface area contributed by atoms with Gasteiger partial charge in [-0.05, 0) is 59.9 Å². The van der Waals surface area contributed by atoms with Crippen LogP contribution < -0.4 is 9.47 Å². The Balaban J connectivity index is 1.15. The number of aromatic nitrogens is 1. The van der Waals surface area contributed by atoms with Crippen molar-refractivity contribution in [2.75, 3.05) is 26.5 Å². The number of rotatable bonds is 7. The number of ether oxygens (including phenoxy) is 3. The molecule has 7 nitrogen and oxygen atoms in total. The molecule has 3 aliphatic heterocycles. The highest BCUT2D eigenvalue weighted by Crippen LogP contribution is 2.36. The fourth-order valence-electron chi connectivity index (χ4n) is 5.94. The van der Waals surface area contributed by atoms with E-state index in [2.05, 4.69) is 62.1 Å². The van der Waals surface area contributed by atoms with Gasteiger partial charge in [0.25, 0.3) is 5.91 Å². The smallest absolute Gasteiger partial charge is 0.273 e. The molecule has 2 fully saturated rings. The van der Waals surface area contributed by atoms with Crippen molar-refractivity contribution in [1.82, 2.24) is 14.8 Å². The van der Waals surface area contributed by atoms with E-state index >= 15 is 0 Å². The van der Waals surface area contributed by atoms with Gasteiger partial charge in [0.1, 0.15) is 10.7 Å². The fraction of sp³-hybridized carbons (Fsp3) is 0.500. The third-order valence-corrected chi connectivity index (χ3v) is 9.18. The zero-order valence-electron chi connectivity index (χ0n) is 23.8. The minimum atomic E-state index is 0.00429. The summed E-state index contributed by atoms with van der Waals surface area (Å²) in [5, 5.41) is 2.87. The molecule has 0 N–H and O–H groups in total. The zero-order chi connectivity index (χ0) is 27.7. The summed E-state index contributed by atoms with van der Waals surface area (Å²) in [6.45, 7) is 11.5. The average molecular weight is 562 g/mol. The first-order valence-corrected chi connectivity index (χ1v) is 15.2. The van der Waals surface area contributed by atoms with Gasteiger partial charge in [-0.3, -0.25) is 9.69 Å². The van der Waals surface area contributed by atoms with Gasteiger partial charge in [-0.1, -0.05) is 51.1 Å². The summed E-state index contributed by atoms with van der Waals surface area (Å²) >= 11 is 1.57. The number of carbonyl (C=O) groups excluding carboxylic acids is 1. The molecule has 4 heterocycles. The minimum Gasteiger partial charge on any atom is -0.454 e. The molecule has 1 spiro atoms. The van der Waals surface area contributed by atoms with E-state index < -0.39 is 0 Å². The second kappa shape index (κ2) is 11.1. The van der Waals surface area contributed by atoms with Crippen LogP contribution in [0.15, 0.2) is 47.8 Å². The van der Waals surface area contributed by atoms with Crippen molar-refractivity contribution in [2.45, 2.75) is 77.1 Å². The molecule has 40 heavy (non-hydrogen) atoms. The Hall–Kier alpha value is -2.94. The SMILES string of the molecule is CC(C)(C)c1ccc(CN(Cc2ccc3c(c2)OCO3)Cc2nc(C(=O)N3CCC4(CCCO4)CC3)cs2)cc1. The van der Waals surface area contributed by atoms with Crippen molar-refractivity contribution in [3.8, 4) is 11.5 Å². The Morgan fingerprint density at radius 3 is 2.42 bits per heavy atom.